The Hall–Kier alpha value is -1.88. The fourth-order valence-corrected chi connectivity index (χ4v) is 2.22. The Balaban J connectivity index is 2.72. The number of carbonyl (C=O) groups is 2. The van der Waals surface area contributed by atoms with Crippen molar-refractivity contribution in [3.63, 3.8) is 0 Å². The first kappa shape index (κ1) is 20.2. The second-order valence-electron chi connectivity index (χ2n) is 5.76. The highest BCUT2D eigenvalue weighted by molar-refractivity contribution is 5.95. The van der Waals surface area contributed by atoms with Crippen molar-refractivity contribution in [3.8, 4) is 0 Å². The molecule has 134 valence electrons. The van der Waals surface area contributed by atoms with Crippen molar-refractivity contribution in [2.75, 3.05) is 13.2 Å². The molecule has 0 atom stereocenters. The molecule has 0 radical (unpaired) electrons. The fourth-order valence-electron chi connectivity index (χ4n) is 2.22. The number of rotatable bonds is 11. The largest absolute Gasteiger partial charge is 0.462 e. The summed E-state index contributed by atoms with van der Waals surface area (Å²) in [6, 6.07) is 4.54. The van der Waals surface area contributed by atoms with Crippen molar-refractivity contribution >= 4 is 11.9 Å². The maximum atomic E-state index is 12.1. The van der Waals surface area contributed by atoms with E-state index in [1.165, 1.54) is 18.2 Å². The maximum Gasteiger partial charge on any atom is 0.338 e. The van der Waals surface area contributed by atoms with E-state index in [0.717, 1.165) is 38.5 Å². The molecule has 0 amide bonds. The van der Waals surface area contributed by atoms with Gasteiger partial charge in [-0.1, -0.05) is 39.5 Å². The fraction of sp³-hybridized carbons (Fsp3) is 0.579. The van der Waals surface area contributed by atoms with Gasteiger partial charge in [0.1, 0.15) is 0 Å². The summed E-state index contributed by atoms with van der Waals surface area (Å²) in [5.74, 6) is -0.970. The Morgan fingerprint density at radius 2 is 1.29 bits per heavy atom. The Kier molecular flexibility index (Phi) is 9.77. The molecule has 5 heteroatoms. The van der Waals surface area contributed by atoms with Crippen LogP contribution in [-0.2, 0) is 16.1 Å². The quantitative estimate of drug-likeness (QED) is 0.490. The highest BCUT2D eigenvalue weighted by Gasteiger charge is 2.15. The van der Waals surface area contributed by atoms with E-state index in [9.17, 15) is 14.7 Å². The molecule has 0 unspecified atom stereocenters. The van der Waals surface area contributed by atoms with Gasteiger partial charge in [0.05, 0.1) is 30.9 Å². The number of carbonyl (C=O) groups excluding carboxylic acids is 2. The van der Waals surface area contributed by atoms with E-state index in [1.54, 1.807) is 0 Å². The highest BCUT2D eigenvalue weighted by atomic mass is 16.5. The molecule has 1 aromatic rings. The van der Waals surface area contributed by atoms with Crippen LogP contribution in [0.2, 0.25) is 0 Å². The molecule has 0 aliphatic rings. The normalized spacial score (nSPS) is 10.5. The van der Waals surface area contributed by atoms with Crippen molar-refractivity contribution < 1.29 is 24.2 Å². The van der Waals surface area contributed by atoms with Gasteiger partial charge in [0.2, 0.25) is 0 Å². The molecule has 0 aromatic heterocycles. The van der Waals surface area contributed by atoms with Crippen LogP contribution in [0.25, 0.3) is 0 Å². The van der Waals surface area contributed by atoms with Crippen LogP contribution in [0.4, 0.5) is 0 Å². The summed E-state index contributed by atoms with van der Waals surface area (Å²) >= 11 is 0. The van der Waals surface area contributed by atoms with Gasteiger partial charge in [-0.05, 0) is 36.6 Å². The Labute approximate surface area is 144 Å². The third-order valence-corrected chi connectivity index (χ3v) is 3.61. The van der Waals surface area contributed by atoms with E-state index >= 15 is 0 Å². The standard InChI is InChI=1S/C19H28O5/c1-3-5-7-9-23-18(21)16-11-15(14-20)12-17(13-16)19(22)24-10-8-6-4-2/h11-13,20H,3-10,14H2,1-2H3. The van der Waals surface area contributed by atoms with E-state index in [2.05, 4.69) is 13.8 Å². The highest BCUT2D eigenvalue weighted by Crippen LogP contribution is 2.14. The summed E-state index contributed by atoms with van der Waals surface area (Å²) in [6.07, 6.45) is 5.72. The number of ether oxygens (including phenoxy) is 2. The van der Waals surface area contributed by atoms with Gasteiger partial charge in [-0.25, -0.2) is 9.59 Å². The number of aliphatic hydroxyl groups is 1. The van der Waals surface area contributed by atoms with Crippen molar-refractivity contribution in [1.29, 1.82) is 0 Å². The molecule has 24 heavy (non-hydrogen) atoms. The van der Waals surface area contributed by atoms with Crippen LogP contribution in [0, 0.1) is 0 Å². The molecular weight excluding hydrogens is 308 g/mol. The van der Waals surface area contributed by atoms with Crippen molar-refractivity contribution in [3.05, 3.63) is 34.9 Å². The molecule has 0 heterocycles. The van der Waals surface area contributed by atoms with Crippen LogP contribution >= 0.6 is 0 Å². The molecule has 0 bridgehead atoms. The molecule has 0 saturated carbocycles. The number of hydrogen-bond acceptors (Lipinski definition) is 5. The number of benzene rings is 1. The van der Waals surface area contributed by atoms with Crippen molar-refractivity contribution in [1.82, 2.24) is 0 Å². The first-order valence-corrected chi connectivity index (χ1v) is 8.71. The van der Waals surface area contributed by atoms with E-state index in [0.29, 0.717) is 18.8 Å². The van der Waals surface area contributed by atoms with Crippen molar-refractivity contribution in [2.24, 2.45) is 0 Å². The Morgan fingerprint density at radius 1 is 0.833 bits per heavy atom. The average Bonchev–Trinajstić information content (AvgIpc) is 2.61. The monoisotopic (exact) mass is 336 g/mol. The van der Waals surface area contributed by atoms with Gasteiger partial charge in [-0.15, -0.1) is 0 Å². The Morgan fingerprint density at radius 3 is 1.67 bits per heavy atom. The summed E-state index contributed by atoms with van der Waals surface area (Å²) in [6.45, 7) is 4.60. The predicted octanol–water partition coefficient (Wildman–Crippen LogP) is 3.87. The second-order valence-corrected chi connectivity index (χ2v) is 5.76. The van der Waals surface area contributed by atoms with Crippen molar-refractivity contribution in [2.45, 2.75) is 59.0 Å². The van der Waals surface area contributed by atoms with Gasteiger partial charge in [0, 0.05) is 0 Å². The van der Waals surface area contributed by atoms with E-state index in [4.69, 9.17) is 9.47 Å². The van der Waals surface area contributed by atoms with Gasteiger partial charge in [0.15, 0.2) is 0 Å². The number of aliphatic hydroxyl groups excluding tert-OH is 1. The smallest absolute Gasteiger partial charge is 0.338 e. The van der Waals surface area contributed by atoms with Crippen LogP contribution in [0.1, 0.15) is 78.7 Å². The van der Waals surface area contributed by atoms with Crippen LogP contribution in [0.15, 0.2) is 18.2 Å². The lowest BCUT2D eigenvalue weighted by atomic mass is 10.1. The zero-order chi connectivity index (χ0) is 17.8. The minimum absolute atomic E-state index is 0.257. The summed E-state index contributed by atoms with van der Waals surface area (Å²) in [5, 5.41) is 9.34. The molecule has 1 aromatic carbocycles. The molecule has 0 spiro atoms. The lowest BCUT2D eigenvalue weighted by molar-refractivity contribution is 0.0496. The minimum Gasteiger partial charge on any atom is -0.462 e. The topological polar surface area (TPSA) is 72.8 Å². The summed E-state index contributed by atoms with van der Waals surface area (Å²) in [5.41, 5.74) is 1.01. The third-order valence-electron chi connectivity index (χ3n) is 3.61. The molecule has 0 aliphatic carbocycles. The van der Waals surface area contributed by atoms with Crippen LogP contribution < -0.4 is 0 Å². The first-order chi connectivity index (χ1) is 11.6. The summed E-state index contributed by atoms with van der Waals surface area (Å²) < 4.78 is 10.4. The van der Waals surface area contributed by atoms with Gasteiger partial charge < -0.3 is 14.6 Å². The number of hydrogen-bond donors (Lipinski definition) is 1. The zero-order valence-electron chi connectivity index (χ0n) is 14.7. The predicted molar refractivity (Wildman–Crippen MR) is 92.0 cm³/mol. The van der Waals surface area contributed by atoms with Crippen LogP contribution in [-0.4, -0.2) is 30.3 Å². The molecule has 5 nitrogen and oxygen atoms in total. The van der Waals surface area contributed by atoms with Crippen LogP contribution in [0.5, 0.6) is 0 Å². The number of esters is 2. The van der Waals surface area contributed by atoms with Crippen LogP contribution in [0.3, 0.4) is 0 Å². The van der Waals surface area contributed by atoms with E-state index in [1.807, 2.05) is 0 Å². The zero-order valence-corrected chi connectivity index (χ0v) is 14.7. The van der Waals surface area contributed by atoms with Gasteiger partial charge in [0.25, 0.3) is 0 Å². The van der Waals surface area contributed by atoms with E-state index in [-0.39, 0.29) is 17.7 Å². The lowest BCUT2D eigenvalue weighted by Crippen LogP contribution is -2.11. The molecular formula is C19H28O5. The Bertz CT molecular complexity index is 482. The first-order valence-electron chi connectivity index (χ1n) is 8.71. The third kappa shape index (κ3) is 7.13. The summed E-state index contributed by atoms with van der Waals surface area (Å²) in [7, 11) is 0. The molecule has 0 fully saturated rings. The molecule has 1 rings (SSSR count). The second kappa shape index (κ2) is 11.6. The summed E-state index contributed by atoms with van der Waals surface area (Å²) in [4.78, 5) is 24.2. The SMILES string of the molecule is CCCCCOC(=O)c1cc(CO)cc(C(=O)OCCCCC)c1. The molecule has 0 saturated heterocycles. The van der Waals surface area contributed by atoms with Gasteiger partial charge in [-0.2, -0.15) is 0 Å². The molecule has 1 N–H and O–H groups in total. The minimum atomic E-state index is -0.485. The average molecular weight is 336 g/mol. The number of unbranched alkanes of at least 4 members (excludes halogenated alkanes) is 4. The lowest BCUT2D eigenvalue weighted by Gasteiger charge is -2.09. The maximum absolute atomic E-state index is 12.1. The van der Waals surface area contributed by atoms with E-state index < -0.39 is 11.9 Å². The molecule has 0 aliphatic heterocycles. The van der Waals surface area contributed by atoms with Gasteiger partial charge >= 0.3 is 11.9 Å². The van der Waals surface area contributed by atoms with Gasteiger partial charge in [-0.3, -0.25) is 0 Å².